The van der Waals surface area contributed by atoms with Crippen LogP contribution in [0.5, 0.6) is 0 Å². The Kier molecular flexibility index (Phi) is 5.28. The molecule has 0 aliphatic heterocycles. The summed E-state index contributed by atoms with van der Waals surface area (Å²) in [5.74, 6) is 0.635. The van der Waals surface area contributed by atoms with Crippen molar-refractivity contribution in [3.63, 3.8) is 0 Å². The molecular weight excluding hydrogens is 288 g/mol. The second kappa shape index (κ2) is 7.59. The van der Waals surface area contributed by atoms with Gasteiger partial charge in [-0.05, 0) is 30.9 Å². The lowest BCUT2D eigenvalue weighted by atomic mass is 9.84. The first-order valence-corrected chi connectivity index (χ1v) is 8.67. The van der Waals surface area contributed by atoms with Crippen molar-refractivity contribution in [2.45, 2.75) is 51.1 Å². The normalized spacial score (nSPS) is 17.3. The lowest BCUT2D eigenvalue weighted by Gasteiger charge is -2.30. The van der Waals surface area contributed by atoms with Gasteiger partial charge >= 0.3 is 0 Å². The van der Waals surface area contributed by atoms with Crippen LogP contribution in [0, 0.1) is 5.92 Å². The molecule has 0 saturated heterocycles. The van der Waals surface area contributed by atoms with Crippen molar-refractivity contribution in [1.82, 2.24) is 14.9 Å². The summed E-state index contributed by atoms with van der Waals surface area (Å²) in [7, 11) is 0. The molecule has 5 heteroatoms. The molecule has 2 aromatic rings. The van der Waals surface area contributed by atoms with E-state index < -0.39 is 0 Å². The molecule has 0 spiro atoms. The molecule has 1 saturated carbocycles. The van der Waals surface area contributed by atoms with Gasteiger partial charge in [0.25, 0.3) is 0 Å². The lowest BCUT2D eigenvalue weighted by molar-refractivity contribution is -0.122. The maximum absolute atomic E-state index is 12.3. The maximum Gasteiger partial charge on any atom is 0.222 e. The number of carbonyl (C=O) groups is 1. The molecule has 1 unspecified atom stereocenters. The summed E-state index contributed by atoms with van der Waals surface area (Å²) in [5.41, 5.74) is 7.93. The molecule has 1 aliphatic carbocycles. The second-order valence-corrected chi connectivity index (χ2v) is 6.48. The number of nitrogens with one attached hydrogen (secondary N) is 1. The first-order valence-electron chi connectivity index (χ1n) is 8.67. The molecule has 5 nitrogen and oxygen atoms in total. The number of nitrogens with zero attached hydrogens (tertiary/aromatic N) is 2. The molecule has 0 bridgehead atoms. The SMILES string of the molecule is NCC(NC(=O)CCn1cnc2ccccc21)C1CCCCC1. The fourth-order valence-electron chi connectivity index (χ4n) is 3.60. The summed E-state index contributed by atoms with van der Waals surface area (Å²) in [6.45, 7) is 1.18. The number of imidazole rings is 1. The summed E-state index contributed by atoms with van der Waals surface area (Å²) in [6, 6.07) is 8.11. The Labute approximate surface area is 137 Å². The Morgan fingerprint density at radius 2 is 2.09 bits per heavy atom. The van der Waals surface area contributed by atoms with Gasteiger partial charge in [0.05, 0.1) is 17.4 Å². The number of fused-ring (bicyclic) bond motifs is 1. The number of carbonyl (C=O) groups excluding carboxylic acids is 1. The fourth-order valence-corrected chi connectivity index (χ4v) is 3.60. The van der Waals surface area contributed by atoms with E-state index in [9.17, 15) is 4.79 Å². The third kappa shape index (κ3) is 3.91. The molecule has 124 valence electrons. The molecule has 1 heterocycles. The molecular formula is C18H26N4O. The van der Waals surface area contributed by atoms with Gasteiger partial charge in [-0.1, -0.05) is 31.4 Å². The number of benzene rings is 1. The van der Waals surface area contributed by atoms with Crippen molar-refractivity contribution in [2.75, 3.05) is 6.54 Å². The monoisotopic (exact) mass is 314 g/mol. The average Bonchev–Trinajstić information content (AvgIpc) is 3.02. The van der Waals surface area contributed by atoms with Gasteiger partial charge in [0.15, 0.2) is 0 Å². The number of amides is 1. The van der Waals surface area contributed by atoms with Gasteiger partial charge in [-0.2, -0.15) is 0 Å². The Balaban J connectivity index is 1.54. The van der Waals surface area contributed by atoms with Crippen LogP contribution in [0.1, 0.15) is 38.5 Å². The molecule has 1 fully saturated rings. The van der Waals surface area contributed by atoms with E-state index in [1.807, 2.05) is 28.8 Å². The second-order valence-electron chi connectivity index (χ2n) is 6.48. The van der Waals surface area contributed by atoms with E-state index in [-0.39, 0.29) is 11.9 Å². The molecule has 1 aromatic heterocycles. The Bertz CT molecular complexity index is 645. The number of rotatable bonds is 6. The first-order chi connectivity index (χ1) is 11.3. The van der Waals surface area contributed by atoms with Crippen LogP contribution >= 0.6 is 0 Å². The Morgan fingerprint density at radius 1 is 1.30 bits per heavy atom. The van der Waals surface area contributed by atoms with Gasteiger partial charge in [0.1, 0.15) is 0 Å². The van der Waals surface area contributed by atoms with Crippen LogP contribution in [0.4, 0.5) is 0 Å². The highest BCUT2D eigenvalue weighted by Crippen LogP contribution is 2.26. The number of para-hydroxylation sites is 2. The van der Waals surface area contributed by atoms with E-state index in [4.69, 9.17) is 5.73 Å². The van der Waals surface area contributed by atoms with Crippen LogP contribution in [-0.2, 0) is 11.3 Å². The minimum atomic E-state index is 0.0869. The zero-order valence-corrected chi connectivity index (χ0v) is 13.6. The highest BCUT2D eigenvalue weighted by Gasteiger charge is 2.23. The third-order valence-corrected chi connectivity index (χ3v) is 4.93. The zero-order valence-electron chi connectivity index (χ0n) is 13.6. The molecule has 3 N–H and O–H groups in total. The molecule has 0 radical (unpaired) electrons. The van der Waals surface area contributed by atoms with Crippen LogP contribution in [0.2, 0.25) is 0 Å². The highest BCUT2D eigenvalue weighted by atomic mass is 16.1. The summed E-state index contributed by atoms with van der Waals surface area (Å²) in [5, 5.41) is 3.15. The third-order valence-electron chi connectivity index (χ3n) is 4.93. The predicted octanol–water partition coefficient (Wildman–Crippen LogP) is 2.45. The summed E-state index contributed by atoms with van der Waals surface area (Å²) >= 11 is 0. The van der Waals surface area contributed by atoms with E-state index in [0.29, 0.717) is 25.4 Å². The smallest absolute Gasteiger partial charge is 0.222 e. The predicted molar refractivity (Wildman–Crippen MR) is 91.9 cm³/mol. The Hall–Kier alpha value is -1.88. The summed E-state index contributed by atoms with van der Waals surface area (Å²) in [6.07, 6.45) is 8.48. The van der Waals surface area contributed by atoms with Crippen LogP contribution in [0.3, 0.4) is 0 Å². The Morgan fingerprint density at radius 3 is 2.87 bits per heavy atom. The number of hydrogen-bond donors (Lipinski definition) is 2. The highest BCUT2D eigenvalue weighted by molar-refractivity contribution is 5.77. The van der Waals surface area contributed by atoms with Crippen molar-refractivity contribution in [1.29, 1.82) is 0 Å². The van der Waals surface area contributed by atoms with Crippen molar-refractivity contribution in [2.24, 2.45) is 11.7 Å². The van der Waals surface area contributed by atoms with Crippen molar-refractivity contribution in [3.8, 4) is 0 Å². The quantitative estimate of drug-likeness (QED) is 0.860. The first kappa shape index (κ1) is 16.0. The van der Waals surface area contributed by atoms with Gasteiger partial charge in [0, 0.05) is 25.6 Å². The standard InChI is InChI=1S/C18H26N4O/c19-12-16(14-6-2-1-3-7-14)21-18(23)10-11-22-13-20-15-8-4-5-9-17(15)22/h4-5,8-9,13-14,16H,1-3,6-7,10-12,19H2,(H,21,23). The number of aromatic nitrogens is 2. The van der Waals surface area contributed by atoms with Crippen LogP contribution < -0.4 is 11.1 Å². The summed E-state index contributed by atoms with van der Waals surface area (Å²) in [4.78, 5) is 16.6. The molecule has 3 rings (SSSR count). The van der Waals surface area contributed by atoms with Crippen LogP contribution in [-0.4, -0.2) is 28.0 Å². The van der Waals surface area contributed by atoms with E-state index in [1.54, 1.807) is 6.33 Å². The van der Waals surface area contributed by atoms with E-state index >= 15 is 0 Å². The molecule has 1 amide bonds. The fraction of sp³-hybridized carbons (Fsp3) is 0.556. The van der Waals surface area contributed by atoms with Crippen LogP contribution in [0.15, 0.2) is 30.6 Å². The van der Waals surface area contributed by atoms with Gasteiger partial charge < -0.3 is 15.6 Å². The van der Waals surface area contributed by atoms with Crippen LogP contribution in [0.25, 0.3) is 11.0 Å². The van der Waals surface area contributed by atoms with Gasteiger partial charge in [-0.3, -0.25) is 4.79 Å². The van der Waals surface area contributed by atoms with Crippen molar-refractivity contribution < 1.29 is 4.79 Å². The molecule has 1 aromatic carbocycles. The van der Waals surface area contributed by atoms with Crippen molar-refractivity contribution >= 4 is 16.9 Å². The number of hydrogen-bond acceptors (Lipinski definition) is 3. The molecule has 1 atom stereocenters. The topological polar surface area (TPSA) is 72.9 Å². The molecule has 1 aliphatic rings. The van der Waals surface area contributed by atoms with Crippen molar-refractivity contribution in [3.05, 3.63) is 30.6 Å². The van der Waals surface area contributed by atoms with Gasteiger partial charge in [-0.15, -0.1) is 0 Å². The summed E-state index contributed by atoms with van der Waals surface area (Å²) < 4.78 is 2.03. The number of aryl methyl sites for hydroxylation is 1. The van der Waals surface area contributed by atoms with Gasteiger partial charge in [0.2, 0.25) is 5.91 Å². The average molecular weight is 314 g/mol. The zero-order chi connectivity index (χ0) is 16.1. The lowest BCUT2D eigenvalue weighted by Crippen LogP contribution is -2.46. The minimum absolute atomic E-state index is 0.0869. The van der Waals surface area contributed by atoms with E-state index in [2.05, 4.69) is 10.3 Å². The number of nitrogens with two attached hydrogens (primary N) is 1. The minimum Gasteiger partial charge on any atom is -0.352 e. The van der Waals surface area contributed by atoms with Gasteiger partial charge in [-0.25, -0.2) is 4.98 Å². The van der Waals surface area contributed by atoms with E-state index in [1.165, 1.54) is 32.1 Å². The maximum atomic E-state index is 12.3. The van der Waals surface area contributed by atoms with E-state index in [0.717, 1.165) is 11.0 Å². The molecule has 23 heavy (non-hydrogen) atoms. The largest absolute Gasteiger partial charge is 0.352 e.